The zero-order chi connectivity index (χ0) is 20.8. The molecule has 1 heteroatoms. The molecule has 3 aromatic carbocycles. The van der Waals surface area contributed by atoms with Crippen LogP contribution in [-0.2, 0) is 19.3 Å². The van der Waals surface area contributed by atoms with Crippen molar-refractivity contribution in [3.05, 3.63) is 106 Å². The van der Waals surface area contributed by atoms with Crippen molar-refractivity contribution in [2.24, 2.45) is 5.92 Å². The summed E-state index contributed by atoms with van der Waals surface area (Å²) >= 11 is 5.97. The van der Waals surface area contributed by atoms with E-state index >= 15 is 0 Å². The molecule has 0 atom stereocenters. The zero-order valence-corrected chi connectivity index (χ0v) is 18.9. The highest BCUT2D eigenvalue weighted by molar-refractivity contribution is 6.30. The first-order chi connectivity index (χ1) is 14.7. The second-order valence-electron chi connectivity index (χ2n) is 9.11. The maximum atomic E-state index is 5.97. The lowest BCUT2D eigenvalue weighted by Crippen LogP contribution is -2.14. The summed E-state index contributed by atoms with van der Waals surface area (Å²) in [6.45, 7) is 2.17. The van der Waals surface area contributed by atoms with E-state index in [1.807, 2.05) is 12.1 Å². The first kappa shape index (κ1) is 21.2. The average molecular weight is 417 g/mol. The smallest absolute Gasteiger partial charge is 0.0406 e. The fourth-order valence-electron chi connectivity index (χ4n) is 4.81. The summed E-state index contributed by atoms with van der Waals surface area (Å²) in [7, 11) is 0. The van der Waals surface area contributed by atoms with Gasteiger partial charge in [-0.05, 0) is 105 Å². The Morgan fingerprint density at radius 2 is 1.13 bits per heavy atom. The van der Waals surface area contributed by atoms with E-state index < -0.39 is 0 Å². The van der Waals surface area contributed by atoms with Gasteiger partial charge in [-0.2, -0.15) is 0 Å². The first-order valence-electron chi connectivity index (χ1n) is 11.5. The van der Waals surface area contributed by atoms with Crippen LogP contribution in [0.15, 0.2) is 72.8 Å². The molecule has 0 bridgehead atoms. The van der Waals surface area contributed by atoms with Crippen LogP contribution >= 0.6 is 11.6 Å². The lowest BCUT2D eigenvalue weighted by Gasteiger charge is -2.29. The number of rotatable bonds is 7. The van der Waals surface area contributed by atoms with Gasteiger partial charge in [0.15, 0.2) is 0 Å². The molecule has 0 amide bonds. The molecule has 0 nitrogen and oxygen atoms in total. The van der Waals surface area contributed by atoms with Gasteiger partial charge in [0.05, 0.1) is 0 Å². The molecule has 0 heterocycles. The van der Waals surface area contributed by atoms with Crippen LogP contribution in [0.25, 0.3) is 0 Å². The molecule has 1 aliphatic rings. The molecule has 0 unspecified atom stereocenters. The fraction of sp³-hybridized carbons (Fsp3) is 0.379. The molecule has 0 aliphatic heterocycles. The summed E-state index contributed by atoms with van der Waals surface area (Å²) in [5.41, 5.74) is 7.18. The summed E-state index contributed by atoms with van der Waals surface area (Å²) in [5.74, 6) is 1.68. The van der Waals surface area contributed by atoms with E-state index in [1.54, 1.807) is 5.56 Å². The van der Waals surface area contributed by atoms with Gasteiger partial charge in [-0.3, -0.25) is 0 Å². The van der Waals surface area contributed by atoms with Gasteiger partial charge in [-0.15, -0.1) is 0 Å². The molecule has 30 heavy (non-hydrogen) atoms. The monoisotopic (exact) mass is 416 g/mol. The van der Waals surface area contributed by atoms with Crippen LogP contribution in [0.3, 0.4) is 0 Å². The van der Waals surface area contributed by atoms with Crippen LogP contribution in [0.2, 0.25) is 5.02 Å². The number of hydrogen-bond acceptors (Lipinski definition) is 0. The number of benzene rings is 3. The largest absolute Gasteiger partial charge is 0.0843 e. The van der Waals surface area contributed by atoms with Crippen molar-refractivity contribution in [1.29, 1.82) is 0 Å². The predicted molar refractivity (Wildman–Crippen MR) is 130 cm³/mol. The van der Waals surface area contributed by atoms with E-state index in [9.17, 15) is 0 Å². The third-order valence-corrected chi connectivity index (χ3v) is 7.13. The molecule has 1 aliphatic carbocycles. The van der Waals surface area contributed by atoms with Gasteiger partial charge in [0.1, 0.15) is 0 Å². The highest BCUT2D eigenvalue weighted by Crippen LogP contribution is 2.37. The lowest BCUT2D eigenvalue weighted by atomic mass is 9.77. The predicted octanol–water partition coefficient (Wildman–Crippen LogP) is 8.34. The molecule has 0 radical (unpaired) electrons. The van der Waals surface area contributed by atoms with Crippen LogP contribution in [0.5, 0.6) is 0 Å². The SMILES string of the molecule is Cc1ccc(C2CCC(CCc3ccc(CCc4ccc(Cl)cc4)cc3)CC2)cc1. The minimum atomic E-state index is 0.779. The summed E-state index contributed by atoms with van der Waals surface area (Å²) in [4.78, 5) is 0. The zero-order valence-electron chi connectivity index (χ0n) is 18.1. The highest BCUT2D eigenvalue weighted by Gasteiger charge is 2.22. The Bertz CT molecular complexity index is 898. The summed E-state index contributed by atoms with van der Waals surface area (Å²) < 4.78 is 0. The molecule has 0 N–H and O–H groups in total. The number of aryl methyl sites for hydroxylation is 4. The minimum absolute atomic E-state index is 0.779. The second kappa shape index (κ2) is 10.3. The van der Waals surface area contributed by atoms with E-state index in [1.165, 1.54) is 60.8 Å². The molecule has 4 rings (SSSR count). The van der Waals surface area contributed by atoms with E-state index in [-0.39, 0.29) is 0 Å². The maximum Gasteiger partial charge on any atom is 0.0406 e. The molecule has 0 aromatic heterocycles. The standard InChI is InChI=1S/C29H33Cl/c1-22-2-16-27(17-3-22)28-18-12-25(13-19-28)10-8-23-4-6-24(7-5-23)9-11-26-14-20-29(30)21-15-26/h2-7,14-17,20-21,25,28H,8-13,18-19H2,1H3. The quantitative estimate of drug-likeness (QED) is 0.363. The van der Waals surface area contributed by atoms with Gasteiger partial charge in [-0.1, -0.05) is 77.8 Å². The molecule has 0 spiro atoms. The maximum absolute atomic E-state index is 5.97. The van der Waals surface area contributed by atoms with Gasteiger partial charge in [-0.25, -0.2) is 0 Å². The Balaban J connectivity index is 1.20. The normalized spacial score (nSPS) is 19.0. The van der Waals surface area contributed by atoms with Crippen LogP contribution in [-0.4, -0.2) is 0 Å². The Labute approximate surface area is 187 Å². The van der Waals surface area contributed by atoms with Gasteiger partial charge in [0.25, 0.3) is 0 Å². The van der Waals surface area contributed by atoms with E-state index in [2.05, 4.69) is 67.6 Å². The molecule has 0 saturated heterocycles. The highest BCUT2D eigenvalue weighted by atomic mass is 35.5. The molecular formula is C29H33Cl. The second-order valence-corrected chi connectivity index (χ2v) is 9.55. The lowest BCUT2D eigenvalue weighted by molar-refractivity contribution is 0.310. The van der Waals surface area contributed by atoms with Crippen LogP contribution < -0.4 is 0 Å². The van der Waals surface area contributed by atoms with Crippen molar-refractivity contribution >= 4 is 11.6 Å². The average Bonchev–Trinajstić information content (AvgIpc) is 2.79. The van der Waals surface area contributed by atoms with E-state index in [0.29, 0.717) is 0 Å². The van der Waals surface area contributed by atoms with E-state index in [4.69, 9.17) is 11.6 Å². The Morgan fingerprint density at radius 1 is 0.633 bits per heavy atom. The first-order valence-corrected chi connectivity index (χ1v) is 11.9. The van der Waals surface area contributed by atoms with E-state index in [0.717, 1.165) is 29.7 Å². The third kappa shape index (κ3) is 5.99. The van der Waals surface area contributed by atoms with Crippen molar-refractivity contribution in [3.8, 4) is 0 Å². The fourth-order valence-corrected chi connectivity index (χ4v) is 4.93. The number of hydrogen-bond donors (Lipinski definition) is 0. The van der Waals surface area contributed by atoms with Crippen LogP contribution in [0.4, 0.5) is 0 Å². The van der Waals surface area contributed by atoms with Gasteiger partial charge in [0, 0.05) is 5.02 Å². The molecule has 1 saturated carbocycles. The van der Waals surface area contributed by atoms with Crippen molar-refractivity contribution in [2.45, 2.75) is 64.2 Å². The van der Waals surface area contributed by atoms with Crippen molar-refractivity contribution < 1.29 is 0 Å². The van der Waals surface area contributed by atoms with Gasteiger partial charge in [0.2, 0.25) is 0 Å². The van der Waals surface area contributed by atoms with Crippen LogP contribution in [0.1, 0.15) is 65.8 Å². The van der Waals surface area contributed by atoms with Crippen LogP contribution in [0, 0.1) is 12.8 Å². The Hall–Kier alpha value is -2.05. The molecule has 156 valence electrons. The Morgan fingerprint density at radius 3 is 1.70 bits per heavy atom. The Kier molecular flexibility index (Phi) is 7.28. The minimum Gasteiger partial charge on any atom is -0.0843 e. The van der Waals surface area contributed by atoms with Crippen molar-refractivity contribution in [1.82, 2.24) is 0 Å². The van der Waals surface area contributed by atoms with Crippen molar-refractivity contribution in [2.75, 3.05) is 0 Å². The summed E-state index contributed by atoms with van der Waals surface area (Å²) in [5, 5.41) is 0.812. The summed E-state index contributed by atoms with van der Waals surface area (Å²) in [6.07, 6.45) is 10.2. The number of halogens is 1. The third-order valence-electron chi connectivity index (χ3n) is 6.88. The summed E-state index contributed by atoms with van der Waals surface area (Å²) in [6, 6.07) is 26.8. The molecule has 3 aromatic rings. The molecule has 1 fully saturated rings. The van der Waals surface area contributed by atoms with Gasteiger partial charge >= 0.3 is 0 Å². The molecular weight excluding hydrogens is 384 g/mol. The topological polar surface area (TPSA) is 0 Å². The van der Waals surface area contributed by atoms with Crippen molar-refractivity contribution in [3.63, 3.8) is 0 Å². The van der Waals surface area contributed by atoms with Gasteiger partial charge < -0.3 is 0 Å².